The van der Waals surface area contributed by atoms with E-state index in [0.29, 0.717) is 29.0 Å². The number of alkyl carbamates (subject to hydrolysis) is 1. The van der Waals surface area contributed by atoms with Crippen LogP contribution in [0.2, 0.25) is 0 Å². The highest BCUT2D eigenvalue weighted by Crippen LogP contribution is 2.35. The summed E-state index contributed by atoms with van der Waals surface area (Å²) in [6, 6.07) is 26.1. The van der Waals surface area contributed by atoms with Crippen LogP contribution in [0.25, 0.3) is 11.1 Å². The molecule has 5 rings (SSSR count). The Bertz CT molecular complexity index is 2120. The topological polar surface area (TPSA) is 127 Å². The average Bonchev–Trinajstić information content (AvgIpc) is 3.14. The lowest BCUT2D eigenvalue weighted by atomic mass is 9.82. The Hall–Kier alpha value is -6.00. The number of nitrogens with one attached hydrogen (secondary N) is 3. The first-order chi connectivity index (χ1) is 25.7. The molecule has 0 radical (unpaired) electrons. The molecule has 0 heterocycles. The second kappa shape index (κ2) is 21.5. The van der Waals surface area contributed by atoms with Gasteiger partial charge in [0.25, 0.3) is 0 Å². The standard InChI is InChI=1S/C44H48N4O6.4CH4/c1-28(2)30-13-9-15-32(25-30)43(5,6)47-27-54-53-24-22-46-37-20-12-18-35-39(37)41(50)34-17-11-19-36(38(34)40(35)49)45-21-23-52-42(51)48-44(7,8)33-16-10-14-31(26-33)29(3)4;;;;/h9-20,25-27,45-46H,1,3,21-24H2,2,4-8H3,(H,48,51);4*1H4. The van der Waals surface area contributed by atoms with Crippen LogP contribution in [-0.4, -0.2) is 50.4 Å². The van der Waals surface area contributed by atoms with E-state index in [1.807, 2.05) is 84.0 Å². The van der Waals surface area contributed by atoms with Gasteiger partial charge in [0.1, 0.15) is 13.2 Å². The summed E-state index contributed by atoms with van der Waals surface area (Å²) in [6.45, 7) is 20.4. The Morgan fingerprint density at radius 3 is 1.67 bits per heavy atom. The minimum Gasteiger partial charge on any atom is -0.448 e. The zero-order chi connectivity index (χ0) is 39.0. The van der Waals surface area contributed by atoms with Crippen molar-refractivity contribution < 1.29 is 28.9 Å². The summed E-state index contributed by atoms with van der Waals surface area (Å²) in [6.07, 6.45) is 0.697. The van der Waals surface area contributed by atoms with Crippen LogP contribution in [0.4, 0.5) is 16.2 Å². The number of aliphatic imine (C=N–C) groups is 1. The number of carbonyl (C=O) groups is 3. The maximum absolute atomic E-state index is 13.8. The molecular formula is C48H64N4O6. The van der Waals surface area contributed by atoms with E-state index >= 15 is 0 Å². The summed E-state index contributed by atoms with van der Waals surface area (Å²) in [7, 11) is 0. The van der Waals surface area contributed by atoms with Crippen LogP contribution < -0.4 is 16.0 Å². The maximum atomic E-state index is 13.8. The molecule has 0 spiro atoms. The highest BCUT2D eigenvalue weighted by atomic mass is 17.2. The van der Waals surface area contributed by atoms with Gasteiger partial charge >= 0.3 is 6.09 Å². The van der Waals surface area contributed by atoms with Gasteiger partial charge in [0, 0.05) is 35.6 Å². The molecule has 3 N–H and O–H groups in total. The fourth-order valence-corrected chi connectivity index (χ4v) is 6.10. The van der Waals surface area contributed by atoms with Crippen molar-refractivity contribution in [2.45, 2.75) is 82.3 Å². The van der Waals surface area contributed by atoms with E-state index in [-0.39, 0.29) is 72.2 Å². The number of hydrogen-bond acceptors (Lipinski definition) is 9. The van der Waals surface area contributed by atoms with E-state index in [9.17, 15) is 14.4 Å². The molecule has 1 aliphatic rings. The highest BCUT2D eigenvalue weighted by molar-refractivity contribution is 6.31. The molecule has 10 heteroatoms. The Labute approximate surface area is 346 Å². The van der Waals surface area contributed by atoms with Crippen molar-refractivity contribution in [3.63, 3.8) is 0 Å². The summed E-state index contributed by atoms with van der Waals surface area (Å²) in [4.78, 5) is 55.4. The van der Waals surface area contributed by atoms with Crippen LogP contribution in [0.3, 0.4) is 0 Å². The number of nitrogens with zero attached hydrogens (tertiary/aromatic N) is 1. The fourth-order valence-electron chi connectivity index (χ4n) is 6.10. The molecule has 0 aliphatic heterocycles. The summed E-state index contributed by atoms with van der Waals surface area (Å²) in [5.74, 6) is -0.557. The van der Waals surface area contributed by atoms with E-state index in [0.717, 1.165) is 33.4 Å². The number of carbonyl (C=O) groups excluding carboxylic acids is 3. The van der Waals surface area contributed by atoms with E-state index < -0.39 is 17.2 Å². The second-order valence-corrected chi connectivity index (χ2v) is 14.3. The molecule has 1 amide bonds. The number of allylic oxidation sites excluding steroid dienone is 2. The molecule has 4 aromatic rings. The first-order valence-corrected chi connectivity index (χ1v) is 17.8. The number of hydrogen-bond donors (Lipinski definition) is 3. The molecule has 0 saturated carbocycles. The molecule has 0 unspecified atom stereocenters. The van der Waals surface area contributed by atoms with Crippen molar-refractivity contribution in [1.82, 2.24) is 5.32 Å². The molecule has 0 atom stereocenters. The summed E-state index contributed by atoms with van der Waals surface area (Å²) >= 11 is 0. The van der Waals surface area contributed by atoms with Gasteiger partial charge < -0.3 is 25.6 Å². The minimum absolute atomic E-state index is 0. The first-order valence-electron chi connectivity index (χ1n) is 17.8. The molecule has 1 aliphatic carbocycles. The SMILES string of the molecule is C.C.C.C.C=C(C)c1cccc(C(C)(C)N=COOCCNc2cccc3c2C(=O)c2cccc(NCCOC(=O)NC(C)(C)c4cccc(C(=C)C)c4)c2C3=O)c1. The van der Waals surface area contributed by atoms with Crippen LogP contribution in [0.15, 0.2) is 103 Å². The minimum atomic E-state index is -0.686. The van der Waals surface area contributed by atoms with E-state index in [1.54, 1.807) is 36.4 Å². The number of amides is 1. The lowest BCUT2D eigenvalue weighted by molar-refractivity contribution is -0.213. The normalized spacial score (nSPS) is 11.6. The maximum Gasteiger partial charge on any atom is 0.407 e. The molecule has 0 bridgehead atoms. The number of ketones is 2. The Morgan fingerprint density at radius 2 is 1.16 bits per heavy atom. The average molecular weight is 793 g/mol. The zero-order valence-corrected chi connectivity index (χ0v) is 31.8. The Morgan fingerprint density at radius 1 is 0.690 bits per heavy atom. The lowest BCUT2D eigenvalue weighted by Gasteiger charge is -2.27. The van der Waals surface area contributed by atoms with Crippen molar-refractivity contribution in [3.8, 4) is 0 Å². The fraction of sp³-hybridized carbons (Fsp3) is 0.333. The largest absolute Gasteiger partial charge is 0.448 e. The van der Waals surface area contributed by atoms with Crippen LogP contribution in [0, 0.1) is 0 Å². The molecule has 0 fully saturated rings. The third-order valence-corrected chi connectivity index (χ3v) is 9.26. The number of benzene rings is 4. The van der Waals surface area contributed by atoms with Gasteiger partial charge in [-0.05, 0) is 88.1 Å². The third kappa shape index (κ3) is 11.8. The lowest BCUT2D eigenvalue weighted by Crippen LogP contribution is -2.41. The van der Waals surface area contributed by atoms with Crippen LogP contribution in [-0.2, 0) is 25.6 Å². The zero-order valence-electron chi connectivity index (χ0n) is 31.8. The van der Waals surface area contributed by atoms with Gasteiger partial charge in [0.15, 0.2) is 11.6 Å². The predicted octanol–water partition coefficient (Wildman–Crippen LogP) is 11.5. The molecule has 0 saturated heterocycles. The van der Waals surface area contributed by atoms with Gasteiger partial charge in [-0.15, -0.1) is 0 Å². The molecule has 58 heavy (non-hydrogen) atoms. The molecule has 10 nitrogen and oxygen atoms in total. The van der Waals surface area contributed by atoms with Crippen molar-refractivity contribution in [1.29, 1.82) is 0 Å². The van der Waals surface area contributed by atoms with E-state index in [2.05, 4.69) is 40.2 Å². The summed E-state index contributed by atoms with van der Waals surface area (Å²) in [5, 5.41) is 9.29. The molecule has 312 valence electrons. The smallest absolute Gasteiger partial charge is 0.407 e. The second-order valence-electron chi connectivity index (χ2n) is 14.3. The first kappa shape index (κ1) is 50.0. The number of anilines is 2. The monoisotopic (exact) mass is 792 g/mol. The molecular weight excluding hydrogens is 729 g/mol. The van der Waals surface area contributed by atoms with Gasteiger partial charge in [0.05, 0.1) is 22.2 Å². The van der Waals surface area contributed by atoms with Gasteiger partial charge in [-0.1, -0.05) is 115 Å². The predicted molar refractivity (Wildman–Crippen MR) is 242 cm³/mol. The molecule has 4 aromatic carbocycles. The number of fused-ring (bicyclic) bond motifs is 2. The van der Waals surface area contributed by atoms with Crippen molar-refractivity contribution in [2.24, 2.45) is 4.99 Å². The number of ether oxygens (including phenoxy) is 1. The molecule has 0 aromatic heterocycles. The third-order valence-electron chi connectivity index (χ3n) is 9.26. The van der Waals surface area contributed by atoms with Crippen molar-refractivity contribution in [3.05, 3.63) is 143 Å². The highest BCUT2D eigenvalue weighted by Gasteiger charge is 2.33. The van der Waals surface area contributed by atoms with Crippen LogP contribution in [0.5, 0.6) is 0 Å². The van der Waals surface area contributed by atoms with Crippen molar-refractivity contribution >= 4 is 46.6 Å². The number of rotatable bonds is 16. The van der Waals surface area contributed by atoms with Crippen LogP contribution in [0.1, 0.15) is 125 Å². The summed E-state index contributed by atoms with van der Waals surface area (Å²) in [5.41, 5.74) is 6.80. The van der Waals surface area contributed by atoms with Crippen molar-refractivity contribution in [2.75, 3.05) is 36.9 Å². The summed E-state index contributed by atoms with van der Waals surface area (Å²) < 4.78 is 5.46. The van der Waals surface area contributed by atoms with Gasteiger partial charge in [-0.3, -0.25) is 9.59 Å². The Balaban J connectivity index is 0.00000420. The van der Waals surface area contributed by atoms with Gasteiger partial charge in [0.2, 0.25) is 6.40 Å². The van der Waals surface area contributed by atoms with Gasteiger partial charge in [-0.25, -0.2) is 9.79 Å². The van der Waals surface area contributed by atoms with Gasteiger partial charge in [-0.2, -0.15) is 4.89 Å². The quantitative estimate of drug-likeness (QED) is 0.0296. The van der Waals surface area contributed by atoms with Crippen LogP contribution >= 0.6 is 0 Å². The van der Waals surface area contributed by atoms with E-state index in [1.165, 1.54) is 6.40 Å². The van der Waals surface area contributed by atoms with E-state index in [4.69, 9.17) is 14.5 Å². The Kier molecular flexibility index (Phi) is 18.5.